The van der Waals surface area contributed by atoms with Gasteiger partial charge < -0.3 is 15.2 Å². The molecule has 1 heterocycles. The monoisotopic (exact) mass is 395 g/mol. The fourth-order valence-electron chi connectivity index (χ4n) is 4.74. The zero-order valence-corrected chi connectivity index (χ0v) is 17.7. The Morgan fingerprint density at radius 1 is 1.31 bits per heavy atom. The van der Waals surface area contributed by atoms with E-state index in [0.29, 0.717) is 12.3 Å². The van der Waals surface area contributed by atoms with E-state index in [2.05, 4.69) is 37.9 Å². The van der Waals surface area contributed by atoms with Crippen LogP contribution in [-0.2, 0) is 17.8 Å². The van der Waals surface area contributed by atoms with Crippen molar-refractivity contribution in [3.63, 3.8) is 0 Å². The summed E-state index contributed by atoms with van der Waals surface area (Å²) in [4.78, 5) is 12.2. The summed E-state index contributed by atoms with van der Waals surface area (Å²) in [6, 6.07) is 2.09. The van der Waals surface area contributed by atoms with Crippen molar-refractivity contribution in [3.8, 4) is 11.5 Å². The quantitative estimate of drug-likeness (QED) is 0.474. The first kappa shape index (κ1) is 20.1. The normalized spacial score (nSPS) is 23.0. The molecule has 0 saturated heterocycles. The number of phenolic OH excluding ortho intramolecular Hbond substituents is 1. The summed E-state index contributed by atoms with van der Waals surface area (Å²) >= 11 is 0. The Morgan fingerprint density at radius 2 is 2.10 bits per heavy atom. The lowest BCUT2D eigenvalue weighted by atomic mass is 9.73. The number of unbranched alkanes of at least 4 members (excludes halogenated alkanes) is 2. The minimum atomic E-state index is 0.0996. The van der Waals surface area contributed by atoms with Crippen LogP contribution in [0.15, 0.2) is 30.1 Å². The number of aryl methyl sites for hydroxylation is 1. The minimum absolute atomic E-state index is 0.0996. The summed E-state index contributed by atoms with van der Waals surface area (Å²) in [5, 5.41) is 14.4. The first-order valence-corrected chi connectivity index (χ1v) is 11.2. The Balaban J connectivity index is 1.71. The number of fused-ring (bicyclic) bond motifs is 3. The smallest absolute Gasteiger partial charge is 0.223 e. The third-order valence-corrected chi connectivity index (χ3v) is 6.67. The van der Waals surface area contributed by atoms with Crippen LogP contribution < -0.4 is 10.1 Å². The van der Waals surface area contributed by atoms with Crippen molar-refractivity contribution in [2.75, 3.05) is 0 Å². The molecule has 4 nitrogen and oxygen atoms in total. The summed E-state index contributed by atoms with van der Waals surface area (Å²) < 4.78 is 6.12. The topological polar surface area (TPSA) is 58.6 Å². The van der Waals surface area contributed by atoms with Crippen molar-refractivity contribution in [1.82, 2.24) is 5.32 Å². The van der Waals surface area contributed by atoms with Crippen LogP contribution in [0.5, 0.6) is 11.5 Å². The zero-order valence-electron chi connectivity index (χ0n) is 17.7. The van der Waals surface area contributed by atoms with Gasteiger partial charge in [-0.1, -0.05) is 38.0 Å². The van der Waals surface area contributed by atoms with Crippen LogP contribution in [0.3, 0.4) is 0 Å². The molecule has 0 aromatic heterocycles. The van der Waals surface area contributed by atoms with Crippen LogP contribution in [0.4, 0.5) is 0 Å². The summed E-state index contributed by atoms with van der Waals surface area (Å²) in [7, 11) is 0. The van der Waals surface area contributed by atoms with Gasteiger partial charge in [-0.2, -0.15) is 0 Å². The average Bonchev–Trinajstić information content (AvgIpc) is 3.52. The van der Waals surface area contributed by atoms with Gasteiger partial charge in [0.05, 0.1) is 0 Å². The molecular formula is C25H33NO3. The van der Waals surface area contributed by atoms with E-state index < -0.39 is 0 Å². The van der Waals surface area contributed by atoms with E-state index in [1.165, 1.54) is 5.57 Å². The summed E-state index contributed by atoms with van der Waals surface area (Å²) in [5.41, 5.74) is 4.16. The van der Waals surface area contributed by atoms with E-state index >= 15 is 0 Å². The maximum Gasteiger partial charge on any atom is 0.223 e. The van der Waals surface area contributed by atoms with Crippen LogP contribution >= 0.6 is 0 Å². The van der Waals surface area contributed by atoms with Crippen molar-refractivity contribution in [2.45, 2.75) is 77.7 Å². The van der Waals surface area contributed by atoms with Crippen LogP contribution in [-0.4, -0.2) is 11.0 Å². The van der Waals surface area contributed by atoms with Crippen LogP contribution in [0, 0.1) is 11.8 Å². The molecule has 3 aliphatic rings. The average molecular weight is 396 g/mol. The maximum absolute atomic E-state index is 12.2. The third-order valence-electron chi connectivity index (χ3n) is 6.67. The van der Waals surface area contributed by atoms with Gasteiger partial charge in [-0.15, -0.1) is 0 Å². The first-order chi connectivity index (χ1) is 14.0. The molecule has 0 radical (unpaired) electrons. The number of allylic oxidation sites excluding steroid dienone is 3. The molecule has 29 heavy (non-hydrogen) atoms. The van der Waals surface area contributed by atoms with Gasteiger partial charge in [-0.3, -0.25) is 4.79 Å². The lowest BCUT2D eigenvalue weighted by Gasteiger charge is -2.37. The lowest BCUT2D eigenvalue weighted by molar-refractivity contribution is -0.122. The van der Waals surface area contributed by atoms with Crippen molar-refractivity contribution in [3.05, 3.63) is 46.7 Å². The van der Waals surface area contributed by atoms with Crippen molar-refractivity contribution < 1.29 is 14.6 Å². The van der Waals surface area contributed by atoms with Gasteiger partial charge in [-0.25, -0.2) is 0 Å². The number of nitrogens with one attached hydrogen (secondary N) is 1. The molecule has 1 fully saturated rings. The second-order valence-electron chi connectivity index (χ2n) is 8.98. The summed E-state index contributed by atoms with van der Waals surface area (Å²) in [6.45, 7) is 8.90. The number of carbonyl (C=O) groups excluding carboxylic acids is 1. The van der Waals surface area contributed by atoms with Gasteiger partial charge in [0.2, 0.25) is 5.91 Å². The standard InChI is InChI=1S/C25H33NO3/c1-4-5-6-7-18-13-22-23(20-12-15(2)8-11-19(20)16(3)29-22)24(27)21(18)14-26-25(28)17-9-10-17/h12-13,17,19-20,27H,3-11,14H2,1-2H3,(H,26,28). The van der Waals surface area contributed by atoms with Gasteiger partial charge in [0.1, 0.15) is 17.3 Å². The molecule has 1 aromatic carbocycles. The number of hydrogen-bond acceptors (Lipinski definition) is 3. The molecule has 2 unspecified atom stereocenters. The Labute approximate surface area is 174 Å². The number of aromatic hydroxyl groups is 1. The predicted octanol–water partition coefficient (Wildman–Crippen LogP) is 5.50. The number of ether oxygens (including phenoxy) is 1. The van der Waals surface area contributed by atoms with Gasteiger partial charge in [0, 0.05) is 35.4 Å². The van der Waals surface area contributed by atoms with E-state index in [1.54, 1.807) is 0 Å². The molecule has 156 valence electrons. The van der Waals surface area contributed by atoms with Crippen LogP contribution in [0.25, 0.3) is 0 Å². The number of rotatable bonds is 7. The highest BCUT2D eigenvalue weighted by Crippen LogP contribution is 2.52. The Bertz CT molecular complexity index is 850. The molecule has 1 saturated carbocycles. The summed E-state index contributed by atoms with van der Waals surface area (Å²) in [6.07, 6.45) is 10.5. The first-order valence-electron chi connectivity index (χ1n) is 11.2. The Hall–Kier alpha value is -2.23. The second kappa shape index (κ2) is 8.25. The van der Waals surface area contributed by atoms with Crippen LogP contribution in [0.1, 0.15) is 81.4 Å². The van der Waals surface area contributed by atoms with E-state index in [1.807, 2.05) is 0 Å². The third kappa shape index (κ3) is 4.08. The molecule has 2 aliphatic carbocycles. The second-order valence-corrected chi connectivity index (χ2v) is 8.98. The van der Waals surface area contributed by atoms with Gasteiger partial charge in [0.25, 0.3) is 0 Å². The molecular weight excluding hydrogens is 362 g/mol. The van der Waals surface area contributed by atoms with E-state index in [9.17, 15) is 9.90 Å². The number of phenols is 1. The molecule has 4 heteroatoms. The number of amides is 1. The maximum atomic E-state index is 12.2. The van der Waals surface area contributed by atoms with Gasteiger partial charge in [0.15, 0.2) is 0 Å². The summed E-state index contributed by atoms with van der Waals surface area (Å²) in [5.74, 6) is 2.43. The molecule has 1 aliphatic heterocycles. The highest BCUT2D eigenvalue weighted by atomic mass is 16.5. The van der Waals surface area contributed by atoms with Crippen molar-refractivity contribution in [2.24, 2.45) is 11.8 Å². The zero-order chi connectivity index (χ0) is 20.5. The van der Waals surface area contributed by atoms with Gasteiger partial charge in [-0.05, 0) is 57.1 Å². The largest absolute Gasteiger partial charge is 0.507 e. The van der Waals surface area contributed by atoms with E-state index in [4.69, 9.17) is 4.74 Å². The number of hydrogen-bond donors (Lipinski definition) is 2. The SMILES string of the molecule is C=C1Oc2cc(CCCCC)c(CNC(=O)C3CC3)c(O)c2C2C=C(C)CCC12. The highest BCUT2D eigenvalue weighted by molar-refractivity contribution is 5.81. The molecule has 4 rings (SSSR count). The highest BCUT2D eigenvalue weighted by Gasteiger charge is 2.38. The molecule has 2 atom stereocenters. The number of carbonyl (C=O) groups is 1. The fourth-order valence-corrected chi connectivity index (χ4v) is 4.74. The van der Waals surface area contributed by atoms with E-state index in [-0.39, 0.29) is 23.7 Å². The Morgan fingerprint density at radius 3 is 2.83 bits per heavy atom. The molecule has 2 N–H and O–H groups in total. The molecule has 1 aromatic rings. The van der Waals surface area contributed by atoms with Gasteiger partial charge >= 0.3 is 0 Å². The number of benzene rings is 1. The molecule has 0 spiro atoms. The predicted molar refractivity (Wildman–Crippen MR) is 115 cm³/mol. The lowest BCUT2D eigenvalue weighted by Crippen LogP contribution is -2.27. The van der Waals surface area contributed by atoms with Crippen LogP contribution in [0.2, 0.25) is 0 Å². The molecule has 1 amide bonds. The minimum Gasteiger partial charge on any atom is -0.507 e. The van der Waals surface area contributed by atoms with Crippen molar-refractivity contribution >= 4 is 5.91 Å². The Kier molecular flexibility index (Phi) is 5.71. The fraction of sp³-hybridized carbons (Fsp3) is 0.560. The van der Waals surface area contributed by atoms with Crippen molar-refractivity contribution in [1.29, 1.82) is 0 Å². The van der Waals surface area contributed by atoms with E-state index in [0.717, 1.165) is 79.6 Å². The molecule has 0 bridgehead atoms.